The van der Waals surface area contributed by atoms with Crippen LogP contribution in [0.4, 0.5) is 5.82 Å². The molecule has 0 atom stereocenters. The van der Waals surface area contributed by atoms with Gasteiger partial charge in [0.25, 0.3) is 0 Å². The number of nitrogens with zero attached hydrogens (tertiary/aromatic N) is 2. The zero-order valence-electron chi connectivity index (χ0n) is 12.3. The molecule has 0 bridgehead atoms. The number of anilines is 1. The maximum Gasteiger partial charge on any atom is 0.348 e. The van der Waals surface area contributed by atoms with E-state index in [4.69, 9.17) is 4.74 Å². The van der Waals surface area contributed by atoms with Crippen LogP contribution < -0.4 is 5.32 Å². The van der Waals surface area contributed by atoms with Crippen LogP contribution in [-0.2, 0) is 4.74 Å². The SMILES string of the molecule is COC(=O)c1cc2nc(NC3CCN(C)CC3)ccc2s1. The molecule has 0 radical (unpaired) electrons. The first-order valence-electron chi connectivity index (χ1n) is 7.09. The van der Waals surface area contributed by atoms with Crippen LogP contribution >= 0.6 is 11.3 Å². The summed E-state index contributed by atoms with van der Waals surface area (Å²) < 4.78 is 5.76. The third-order valence-corrected chi connectivity index (χ3v) is 4.90. The summed E-state index contributed by atoms with van der Waals surface area (Å²) in [6, 6.07) is 6.27. The highest BCUT2D eigenvalue weighted by atomic mass is 32.1. The predicted molar refractivity (Wildman–Crippen MR) is 85.1 cm³/mol. The van der Waals surface area contributed by atoms with Crippen molar-refractivity contribution in [2.75, 3.05) is 32.6 Å². The number of aromatic nitrogens is 1. The standard InChI is InChI=1S/C15H19N3O2S/c1-18-7-5-10(6-8-18)16-14-4-3-12-11(17-14)9-13(21-12)15(19)20-2/h3-4,9-10H,5-8H2,1-2H3,(H,16,17). The minimum absolute atomic E-state index is 0.303. The van der Waals surface area contributed by atoms with Gasteiger partial charge in [-0.3, -0.25) is 0 Å². The number of pyridine rings is 1. The predicted octanol–water partition coefficient (Wildman–Crippen LogP) is 2.59. The van der Waals surface area contributed by atoms with Gasteiger partial charge in [0.15, 0.2) is 0 Å². The van der Waals surface area contributed by atoms with Crippen molar-refractivity contribution < 1.29 is 9.53 Å². The fourth-order valence-corrected chi connectivity index (χ4v) is 3.49. The molecule has 1 N–H and O–H groups in total. The van der Waals surface area contributed by atoms with Gasteiger partial charge in [0, 0.05) is 6.04 Å². The van der Waals surface area contributed by atoms with Gasteiger partial charge >= 0.3 is 5.97 Å². The second kappa shape index (κ2) is 5.99. The quantitative estimate of drug-likeness (QED) is 0.883. The summed E-state index contributed by atoms with van der Waals surface area (Å²) in [5.74, 6) is 0.578. The molecular formula is C15H19N3O2S. The molecule has 112 valence electrons. The van der Waals surface area contributed by atoms with Crippen LogP contribution in [0.3, 0.4) is 0 Å². The molecule has 0 amide bonds. The van der Waals surface area contributed by atoms with E-state index in [0.29, 0.717) is 10.9 Å². The van der Waals surface area contributed by atoms with Crippen molar-refractivity contribution in [3.63, 3.8) is 0 Å². The first-order valence-corrected chi connectivity index (χ1v) is 7.91. The third-order valence-electron chi connectivity index (χ3n) is 3.83. The Hall–Kier alpha value is -1.66. The number of carbonyl (C=O) groups is 1. The Balaban J connectivity index is 1.76. The van der Waals surface area contributed by atoms with Gasteiger partial charge in [-0.1, -0.05) is 0 Å². The summed E-state index contributed by atoms with van der Waals surface area (Å²) in [5, 5.41) is 3.50. The largest absolute Gasteiger partial charge is 0.465 e. The summed E-state index contributed by atoms with van der Waals surface area (Å²) in [6.07, 6.45) is 2.26. The van der Waals surface area contributed by atoms with Crippen molar-refractivity contribution in [2.45, 2.75) is 18.9 Å². The first-order chi connectivity index (χ1) is 10.2. The lowest BCUT2D eigenvalue weighted by Crippen LogP contribution is -2.36. The van der Waals surface area contributed by atoms with Gasteiger partial charge < -0.3 is 15.0 Å². The van der Waals surface area contributed by atoms with E-state index >= 15 is 0 Å². The van der Waals surface area contributed by atoms with Crippen molar-refractivity contribution in [1.82, 2.24) is 9.88 Å². The normalized spacial score (nSPS) is 17.0. The Labute approximate surface area is 127 Å². The van der Waals surface area contributed by atoms with E-state index in [1.165, 1.54) is 18.4 Å². The molecule has 0 unspecified atom stereocenters. The van der Waals surface area contributed by atoms with Crippen LogP contribution in [-0.4, -0.2) is 49.1 Å². The molecule has 21 heavy (non-hydrogen) atoms. The topological polar surface area (TPSA) is 54.5 Å². The van der Waals surface area contributed by atoms with Crippen molar-refractivity contribution in [2.24, 2.45) is 0 Å². The number of hydrogen-bond acceptors (Lipinski definition) is 6. The molecule has 0 aromatic carbocycles. The molecule has 0 saturated carbocycles. The minimum atomic E-state index is -0.303. The Morgan fingerprint density at radius 1 is 1.43 bits per heavy atom. The van der Waals surface area contributed by atoms with Gasteiger partial charge in [0.2, 0.25) is 0 Å². The second-order valence-electron chi connectivity index (χ2n) is 5.40. The van der Waals surface area contributed by atoms with E-state index in [1.54, 1.807) is 6.07 Å². The number of thiophene rings is 1. The van der Waals surface area contributed by atoms with E-state index in [0.717, 1.165) is 42.0 Å². The summed E-state index contributed by atoms with van der Waals surface area (Å²) in [5.41, 5.74) is 0.846. The molecule has 1 aliphatic heterocycles. The molecule has 2 aromatic heterocycles. The van der Waals surface area contributed by atoms with E-state index < -0.39 is 0 Å². The number of ether oxygens (including phenoxy) is 1. The third kappa shape index (κ3) is 3.16. The average Bonchev–Trinajstić information content (AvgIpc) is 2.92. The maximum atomic E-state index is 11.6. The van der Waals surface area contributed by atoms with Gasteiger partial charge in [-0.2, -0.15) is 0 Å². The molecule has 3 heterocycles. The molecule has 1 fully saturated rings. The number of rotatable bonds is 3. The number of carbonyl (C=O) groups excluding carboxylic acids is 1. The lowest BCUT2D eigenvalue weighted by atomic mass is 10.1. The summed E-state index contributed by atoms with van der Waals surface area (Å²) >= 11 is 1.41. The molecule has 1 aliphatic rings. The first kappa shape index (κ1) is 14.3. The summed E-state index contributed by atoms with van der Waals surface area (Å²) in [7, 11) is 3.55. The Morgan fingerprint density at radius 3 is 2.90 bits per heavy atom. The molecule has 5 nitrogen and oxygen atoms in total. The van der Waals surface area contributed by atoms with Crippen molar-refractivity contribution in [3.05, 3.63) is 23.1 Å². The van der Waals surface area contributed by atoms with Crippen LogP contribution in [0.15, 0.2) is 18.2 Å². The highest BCUT2D eigenvalue weighted by Crippen LogP contribution is 2.26. The second-order valence-corrected chi connectivity index (χ2v) is 6.49. The number of piperidine rings is 1. The van der Waals surface area contributed by atoms with Gasteiger partial charge in [-0.05, 0) is 51.2 Å². The number of likely N-dealkylation sites (tertiary alicyclic amines) is 1. The molecule has 0 spiro atoms. The lowest BCUT2D eigenvalue weighted by molar-refractivity contribution is 0.0606. The van der Waals surface area contributed by atoms with Crippen molar-refractivity contribution >= 4 is 33.3 Å². The smallest absolute Gasteiger partial charge is 0.348 e. The number of fused-ring (bicyclic) bond motifs is 1. The molecule has 2 aromatic rings. The van der Waals surface area contributed by atoms with E-state index in [1.807, 2.05) is 12.1 Å². The lowest BCUT2D eigenvalue weighted by Gasteiger charge is -2.29. The van der Waals surface area contributed by atoms with Crippen molar-refractivity contribution in [3.8, 4) is 0 Å². The fourth-order valence-electron chi connectivity index (χ4n) is 2.57. The van der Waals surface area contributed by atoms with Gasteiger partial charge in [-0.15, -0.1) is 11.3 Å². The van der Waals surface area contributed by atoms with Gasteiger partial charge in [-0.25, -0.2) is 9.78 Å². The highest BCUT2D eigenvalue weighted by Gasteiger charge is 2.17. The summed E-state index contributed by atoms with van der Waals surface area (Å²) in [4.78, 5) is 19.1. The van der Waals surface area contributed by atoms with Crippen molar-refractivity contribution in [1.29, 1.82) is 0 Å². The Bertz CT molecular complexity index is 647. The van der Waals surface area contributed by atoms with Crippen LogP contribution in [0.1, 0.15) is 22.5 Å². The zero-order chi connectivity index (χ0) is 14.8. The molecular weight excluding hydrogens is 286 g/mol. The monoisotopic (exact) mass is 305 g/mol. The van der Waals surface area contributed by atoms with E-state index in [2.05, 4.69) is 22.2 Å². The number of esters is 1. The zero-order valence-corrected chi connectivity index (χ0v) is 13.1. The number of hydrogen-bond donors (Lipinski definition) is 1. The molecule has 0 aliphatic carbocycles. The summed E-state index contributed by atoms with van der Waals surface area (Å²) in [6.45, 7) is 2.23. The number of methoxy groups -OCH3 is 1. The highest BCUT2D eigenvalue weighted by molar-refractivity contribution is 7.20. The molecule has 6 heteroatoms. The van der Waals surface area contributed by atoms with E-state index in [9.17, 15) is 4.79 Å². The maximum absolute atomic E-state index is 11.6. The Kier molecular flexibility index (Phi) is 4.07. The Morgan fingerprint density at radius 2 is 2.19 bits per heavy atom. The van der Waals surface area contributed by atoms with Crippen LogP contribution in [0.25, 0.3) is 10.2 Å². The van der Waals surface area contributed by atoms with Gasteiger partial charge in [0.1, 0.15) is 10.7 Å². The molecule has 1 saturated heterocycles. The van der Waals surface area contributed by atoms with Crippen LogP contribution in [0.2, 0.25) is 0 Å². The van der Waals surface area contributed by atoms with Gasteiger partial charge in [0.05, 0.1) is 17.3 Å². The van der Waals surface area contributed by atoms with E-state index in [-0.39, 0.29) is 5.97 Å². The average molecular weight is 305 g/mol. The molecule has 3 rings (SSSR count). The minimum Gasteiger partial charge on any atom is -0.465 e. The van der Waals surface area contributed by atoms with Crippen LogP contribution in [0.5, 0.6) is 0 Å². The number of nitrogens with one attached hydrogen (secondary N) is 1. The van der Waals surface area contributed by atoms with Crippen LogP contribution in [0, 0.1) is 0 Å². The fraction of sp³-hybridized carbons (Fsp3) is 0.467.